The number of hydrogen-bond donors (Lipinski definition) is 0. The van der Waals surface area contributed by atoms with Gasteiger partial charge in [-0.05, 0) is 61.7 Å². The molecular formula is C15H28O. The summed E-state index contributed by atoms with van der Waals surface area (Å²) in [4.78, 5) is 0. The minimum absolute atomic E-state index is 0.863. The minimum atomic E-state index is 0.863. The fourth-order valence-corrected chi connectivity index (χ4v) is 4.21. The molecule has 0 radical (unpaired) electrons. The van der Waals surface area contributed by atoms with E-state index in [0.717, 1.165) is 48.7 Å². The van der Waals surface area contributed by atoms with Gasteiger partial charge in [-0.15, -0.1) is 0 Å². The minimum Gasteiger partial charge on any atom is -0.381 e. The van der Waals surface area contributed by atoms with Crippen LogP contribution in [0.2, 0.25) is 0 Å². The van der Waals surface area contributed by atoms with Crippen LogP contribution >= 0.6 is 0 Å². The van der Waals surface area contributed by atoms with E-state index in [1.54, 1.807) is 0 Å². The van der Waals surface area contributed by atoms with E-state index in [4.69, 9.17) is 4.74 Å². The van der Waals surface area contributed by atoms with Crippen LogP contribution in [0.1, 0.15) is 47.0 Å². The van der Waals surface area contributed by atoms with Crippen LogP contribution in [0.25, 0.3) is 0 Å². The molecule has 0 N–H and O–H groups in total. The molecule has 1 nitrogen and oxygen atoms in total. The average Bonchev–Trinajstić information content (AvgIpc) is 2.26. The molecule has 1 heteroatoms. The fourth-order valence-electron chi connectivity index (χ4n) is 4.21. The van der Waals surface area contributed by atoms with Crippen molar-refractivity contribution in [3.8, 4) is 0 Å². The molecule has 0 amide bonds. The van der Waals surface area contributed by atoms with Gasteiger partial charge in [0.2, 0.25) is 0 Å². The van der Waals surface area contributed by atoms with Gasteiger partial charge < -0.3 is 4.74 Å². The van der Waals surface area contributed by atoms with E-state index >= 15 is 0 Å². The van der Waals surface area contributed by atoms with E-state index in [-0.39, 0.29) is 0 Å². The van der Waals surface area contributed by atoms with Crippen LogP contribution in [0, 0.1) is 35.5 Å². The highest BCUT2D eigenvalue weighted by Gasteiger charge is 2.45. The van der Waals surface area contributed by atoms with Gasteiger partial charge in [0.05, 0.1) is 0 Å². The van der Waals surface area contributed by atoms with Crippen molar-refractivity contribution in [2.24, 2.45) is 35.5 Å². The molecule has 5 atom stereocenters. The van der Waals surface area contributed by atoms with Crippen LogP contribution in [-0.4, -0.2) is 13.2 Å². The second-order valence-corrected chi connectivity index (χ2v) is 6.44. The molecule has 16 heavy (non-hydrogen) atoms. The molecule has 0 aliphatic heterocycles. The second kappa shape index (κ2) is 5.08. The van der Waals surface area contributed by atoms with E-state index in [1.807, 2.05) is 0 Å². The molecule has 0 aromatic carbocycles. The van der Waals surface area contributed by atoms with Crippen molar-refractivity contribution >= 4 is 0 Å². The first-order chi connectivity index (χ1) is 7.63. The van der Waals surface area contributed by atoms with E-state index < -0.39 is 0 Å². The van der Waals surface area contributed by atoms with Gasteiger partial charge in [0.15, 0.2) is 0 Å². The van der Waals surface area contributed by atoms with Crippen molar-refractivity contribution in [3.05, 3.63) is 0 Å². The lowest BCUT2D eigenvalue weighted by Gasteiger charge is -2.52. The Balaban J connectivity index is 2.02. The Morgan fingerprint density at radius 3 is 2.50 bits per heavy atom. The van der Waals surface area contributed by atoms with E-state index in [0.29, 0.717) is 0 Å². The number of fused-ring (bicyclic) bond motifs is 3. The van der Waals surface area contributed by atoms with Crippen molar-refractivity contribution in [3.63, 3.8) is 0 Å². The summed E-state index contributed by atoms with van der Waals surface area (Å²) in [5, 5.41) is 0. The van der Waals surface area contributed by atoms with Gasteiger partial charge >= 0.3 is 0 Å². The predicted octanol–water partition coefficient (Wildman–Crippen LogP) is 3.98. The van der Waals surface area contributed by atoms with Crippen LogP contribution in [0.3, 0.4) is 0 Å². The third kappa shape index (κ3) is 2.30. The molecule has 3 aliphatic rings. The molecule has 0 aromatic rings. The summed E-state index contributed by atoms with van der Waals surface area (Å²) in [6.07, 6.45) is 4.40. The SMILES string of the molecule is CCOCC1CC2CC(C(C)C)C1CC2C. The van der Waals surface area contributed by atoms with E-state index in [2.05, 4.69) is 27.7 Å². The second-order valence-electron chi connectivity index (χ2n) is 6.44. The molecule has 0 heterocycles. The molecule has 3 aliphatic carbocycles. The monoisotopic (exact) mass is 224 g/mol. The lowest BCUT2D eigenvalue weighted by Crippen LogP contribution is -2.45. The van der Waals surface area contributed by atoms with Crippen LogP contribution in [-0.2, 0) is 4.74 Å². The highest BCUT2D eigenvalue weighted by molar-refractivity contribution is 4.95. The molecule has 0 aromatic heterocycles. The average molecular weight is 224 g/mol. The summed E-state index contributed by atoms with van der Waals surface area (Å²) < 4.78 is 5.69. The zero-order valence-corrected chi connectivity index (χ0v) is 11.4. The summed E-state index contributed by atoms with van der Waals surface area (Å²) in [5.74, 6) is 5.61. The summed E-state index contributed by atoms with van der Waals surface area (Å²) in [5.41, 5.74) is 0. The Morgan fingerprint density at radius 1 is 1.19 bits per heavy atom. The van der Waals surface area contributed by atoms with Crippen LogP contribution in [0.15, 0.2) is 0 Å². The normalized spacial score (nSPS) is 42.9. The first-order valence-corrected chi connectivity index (χ1v) is 7.21. The molecule has 3 rings (SSSR count). The number of ether oxygens (including phenoxy) is 1. The highest BCUT2D eigenvalue weighted by Crippen LogP contribution is 2.53. The molecule has 0 spiro atoms. The summed E-state index contributed by atoms with van der Waals surface area (Å²) >= 11 is 0. The Bertz CT molecular complexity index is 223. The van der Waals surface area contributed by atoms with Crippen molar-refractivity contribution in [1.82, 2.24) is 0 Å². The maximum absolute atomic E-state index is 5.69. The summed E-state index contributed by atoms with van der Waals surface area (Å²) in [7, 11) is 0. The van der Waals surface area contributed by atoms with Crippen LogP contribution < -0.4 is 0 Å². The van der Waals surface area contributed by atoms with Gasteiger partial charge in [0.1, 0.15) is 0 Å². The van der Waals surface area contributed by atoms with E-state index in [1.165, 1.54) is 19.3 Å². The molecule has 94 valence electrons. The Labute approximate surface area is 101 Å². The Morgan fingerprint density at radius 2 is 1.94 bits per heavy atom. The van der Waals surface area contributed by atoms with Gasteiger partial charge in [0, 0.05) is 13.2 Å². The molecule has 5 unspecified atom stereocenters. The topological polar surface area (TPSA) is 9.23 Å². The Kier molecular flexibility index (Phi) is 3.94. The van der Waals surface area contributed by atoms with Gasteiger partial charge in [-0.2, -0.15) is 0 Å². The molecular weight excluding hydrogens is 196 g/mol. The largest absolute Gasteiger partial charge is 0.381 e. The molecule has 3 saturated carbocycles. The first-order valence-electron chi connectivity index (χ1n) is 7.21. The third-order valence-corrected chi connectivity index (χ3v) is 5.18. The van der Waals surface area contributed by atoms with Crippen molar-refractivity contribution in [2.45, 2.75) is 47.0 Å². The maximum atomic E-state index is 5.69. The molecule has 2 bridgehead atoms. The smallest absolute Gasteiger partial charge is 0.0496 e. The lowest BCUT2D eigenvalue weighted by molar-refractivity contribution is -0.0560. The maximum Gasteiger partial charge on any atom is 0.0496 e. The van der Waals surface area contributed by atoms with Gasteiger partial charge in [0.25, 0.3) is 0 Å². The van der Waals surface area contributed by atoms with Crippen LogP contribution in [0.5, 0.6) is 0 Å². The van der Waals surface area contributed by atoms with Crippen molar-refractivity contribution < 1.29 is 4.74 Å². The highest BCUT2D eigenvalue weighted by atomic mass is 16.5. The first kappa shape index (κ1) is 12.4. The quantitative estimate of drug-likeness (QED) is 0.702. The van der Waals surface area contributed by atoms with Gasteiger partial charge in [-0.25, -0.2) is 0 Å². The summed E-state index contributed by atoms with van der Waals surface area (Å²) in [6.45, 7) is 11.3. The van der Waals surface area contributed by atoms with Crippen molar-refractivity contribution in [1.29, 1.82) is 0 Å². The number of rotatable bonds is 4. The predicted molar refractivity (Wildman–Crippen MR) is 68.3 cm³/mol. The zero-order chi connectivity index (χ0) is 11.7. The van der Waals surface area contributed by atoms with E-state index in [9.17, 15) is 0 Å². The lowest BCUT2D eigenvalue weighted by atomic mass is 9.54. The molecule has 0 saturated heterocycles. The standard InChI is InChI=1S/C15H28O/c1-5-16-9-13-7-12-8-14(10(2)3)15(13)6-11(12)4/h10-15H,5-9H2,1-4H3. The van der Waals surface area contributed by atoms with Gasteiger partial charge in [-0.3, -0.25) is 0 Å². The molecule has 3 fully saturated rings. The van der Waals surface area contributed by atoms with Crippen LogP contribution in [0.4, 0.5) is 0 Å². The Hall–Kier alpha value is -0.0400. The summed E-state index contributed by atoms with van der Waals surface area (Å²) in [6, 6.07) is 0. The van der Waals surface area contributed by atoms with Gasteiger partial charge in [-0.1, -0.05) is 20.8 Å². The number of hydrogen-bond acceptors (Lipinski definition) is 1. The third-order valence-electron chi connectivity index (χ3n) is 5.18. The fraction of sp³-hybridized carbons (Fsp3) is 1.00. The van der Waals surface area contributed by atoms with Crippen molar-refractivity contribution in [2.75, 3.05) is 13.2 Å². The zero-order valence-electron chi connectivity index (χ0n) is 11.4.